The van der Waals surface area contributed by atoms with Gasteiger partial charge in [0.2, 0.25) is 0 Å². The van der Waals surface area contributed by atoms with Crippen LogP contribution in [-0.2, 0) is 21.0 Å². The SMILES string of the molecule is CC[S+](=O)(O)N1CCC(Nc2cc(-c3ccc(N)c(C#N)c3)cc3c2C=NCC3)CC1. The van der Waals surface area contributed by atoms with Crippen molar-refractivity contribution in [2.24, 2.45) is 4.99 Å². The molecule has 2 heterocycles. The van der Waals surface area contributed by atoms with Crippen LogP contribution in [0.25, 0.3) is 11.1 Å². The number of nitrogen functional groups attached to an aromatic ring is 1. The highest BCUT2D eigenvalue weighted by molar-refractivity contribution is 7.95. The molecule has 4 rings (SSSR count). The van der Waals surface area contributed by atoms with Gasteiger partial charge in [0, 0.05) is 48.8 Å². The summed E-state index contributed by atoms with van der Waals surface area (Å²) in [7, 11) is -2.89. The Balaban J connectivity index is 1.61. The van der Waals surface area contributed by atoms with E-state index in [0.29, 0.717) is 24.3 Å². The fourth-order valence-corrected chi connectivity index (χ4v) is 5.37. The Kier molecular flexibility index (Phi) is 6.10. The van der Waals surface area contributed by atoms with Gasteiger partial charge in [0.1, 0.15) is 6.07 Å². The molecule has 2 aliphatic heterocycles. The molecule has 7 nitrogen and oxygen atoms in total. The van der Waals surface area contributed by atoms with Crippen molar-refractivity contribution in [1.29, 1.82) is 5.26 Å². The zero-order valence-electron chi connectivity index (χ0n) is 17.7. The minimum atomic E-state index is -2.89. The second-order valence-corrected chi connectivity index (χ2v) is 10.3. The van der Waals surface area contributed by atoms with Gasteiger partial charge in [-0.05, 0) is 65.3 Å². The van der Waals surface area contributed by atoms with Crippen molar-refractivity contribution in [1.82, 2.24) is 4.31 Å². The summed E-state index contributed by atoms with van der Waals surface area (Å²) in [6.07, 6.45) is 4.40. The number of nitrogens with one attached hydrogen (secondary N) is 1. The van der Waals surface area contributed by atoms with Gasteiger partial charge in [-0.25, -0.2) is 0 Å². The van der Waals surface area contributed by atoms with Gasteiger partial charge in [-0.3, -0.25) is 4.99 Å². The highest BCUT2D eigenvalue weighted by Crippen LogP contribution is 2.33. The molecule has 1 atom stereocenters. The summed E-state index contributed by atoms with van der Waals surface area (Å²) in [6, 6.07) is 12.2. The molecule has 0 saturated carbocycles. The van der Waals surface area contributed by atoms with E-state index < -0.39 is 10.4 Å². The largest absolute Gasteiger partial charge is 0.398 e. The zero-order valence-corrected chi connectivity index (χ0v) is 18.5. The summed E-state index contributed by atoms with van der Waals surface area (Å²) >= 11 is 0. The van der Waals surface area contributed by atoms with E-state index in [4.69, 9.17) is 5.73 Å². The van der Waals surface area contributed by atoms with Crippen LogP contribution in [0, 0.1) is 11.3 Å². The lowest BCUT2D eigenvalue weighted by Crippen LogP contribution is -2.45. The molecule has 0 aliphatic carbocycles. The Morgan fingerprint density at radius 2 is 2.06 bits per heavy atom. The first kappa shape index (κ1) is 21.5. The van der Waals surface area contributed by atoms with E-state index in [0.717, 1.165) is 48.2 Å². The number of nitrogens with two attached hydrogens (primary N) is 1. The third kappa shape index (κ3) is 4.49. The third-order valence-corrected chi connectivity index (χ3v) is 8.02. The first-order valence-electron chi connectivity index (χ1n) is 10.6. The van der Waals surface area contributed by atoms with Gasteiger partial charge in [-0.2, -0.15) is 9.81 Å². The Morgan fingerprint density at radius 3 is 2.77 bits per heavy atom. The van der Waals surface area contributed by atoms with Crippen LogP contribution in [0.1, 0.15) is 36.5 Å². The molecule has 0 spiro atoms. The van der Waals surface area contributed by atoms with Gasteiger partial charge in [-0.1, -0.05) is 16.4 Å². The van der Waals surface area contributed by atoms with Crippen LogP contribution in [0.5, 0.6) is 0 Å². The number of hydrogen-bond donors (Lipinski definition) is 3. The molecule has 4 N–H and O–H groups in total. The van der Waals surface area contributed by atoms with E-state index in [9.17, 15) is 14.0 Å². The molecular weight excluding hydrogens is 410 g/mol. The average Bonchev–Trinajstić information content (AvgIpc) is 2.79. The van der Waals surface area contributed by atoms with Crippen molar-refractivity contribution < 1.29 is 8.76 Å². The van der Waals surface area contributed by atoms with Gasteiger partial charge in [-0.15, -0.1) is 0 Å². The molecule has 1 fully saturated rings. The first-order valence-corrected chi connectivity index (χ1v) is 12.3. The van der Waals surface area contributed by atoms with Crippen LogP contribution < -0.4 is 11.1 Å². The zero-order chi connectivity index (χ0) is 22.0. The van der Waals surface area contributed by atoms with Gasteiger partial charge >= 0.3 is 0 Å². The summed E-state index contributed by atoms with van der Waals surface area (Å²) in [4.78, 5) is 4.47. The molecule has 1 unspecified atom stereocenters. The molecule has 2 aromatic carbocycles. The number of fused-ring (bicyclic) bond motifs is 1. The molecule has 162 valence electrons. The lowest BCUT2D eigenvalue weighted by Gasteiger charge is -2.31. The lowest BCUT2D eigenvalue weighted by molar-refractivity contribution is 0.305. The number of nitriles is 1. The molecule has 31 heavy (non-hydrogen) atoms. The molecule has 0 bridgehead atoms. The monoisotopic (exact) mass is 438 g/mol. The van der Waals surface area contributed by atoms with Crippen molar-refractivity contribution in [3.63, 3.8) is 0 Å². The highest BCUT2D eigenvalue weighted by Gasteiger charge is 2.36. The highest BCUT2D eigenvalue weighted by atomic mass is 32.3. The fraction of sp³-hybridized carbons (Fsp3) is 0.391. The number of rotatable bonds is 5. The van der Waals surface area contributed by atoms with Crippen LogP contribution in [0.15, 0.2) is 35.3 Å². The Hall–Kier alpha value is -2.73. The maximum atomic E-state index is 12.3. The molecular formula is C23H28N5O2S+. The topological polar surface area (TPSA) is 115 Å². The second kappa shape index (κ2) is 8.79. The van der Waals surface area contributed by atoms with Crippen LogP contribution in [-0.4, -0.2) is 46.5 Å². The number of anilines is 2. The predicted molar refractivity (Wildman–Crippen MR) is 127 cm³/mol. The standard InChI is InChI=1S/C23H27N5O2S/c1-2-31(29,30)28-9-6-20(7-10-28)27-23-13-18(12-17-5-8-26-15-21(17)23)16-3-4-22(25)19(11-16)14-24/h3-4,11-13,15,20,27H,2,5-10,25H2,1H3/p+1. The normalized spacial score (nSPS) is 18.7. The van der Waals surface area contributed by atoms with Crippen LogP contribution in [0.3, 0.4) is 0 Å². The molecule has 0 radical (unpaired) electrons. The van der Waals surface area contributed by atoms with Crippen LogP contribution in [0.2, 0.25) is 0 Å². The van der Waals surface area contributed by atoms with Crippen LogP contribution in [0.4, 0.5) is 11.4 Å². The van der Waals surface area contributed by atoms with Crippen molar-refractivity contribution in [3.05, 3.63) is 47.0 Å². The van der Waals surface area contributed by atoms with E-state index in [1.54, 1.807) is 17.3 Å². The second-order valence-electron chi connectivity index (χ2n) is 8.04. The van der Waals surface area contributed by atoms with Crippen molar-refractivity contribution in [2.45, 2.75) is 32.2 Å². The van der Waals surface area contributed by atoms with Crippen LogP contribution >= 0.6 is 0 Å². The molecule has 2 aliphatic rings. The third-order valence-electron chi connectivity index (χ3n) is 6.10. The molecule has 8 heteroatoms. The first-order chi connectivity index (χ1) is 14.9. The summed E-state index contributed by atoms with van der Waals surface area (Å²) in [6.45, 7) is 3.71. The minimum Gasteiger partial charge on any atom is -0.398 e. The quantitative estimate of drug-likeness (QED) is 0.488. The van der Waals surface area contributed by atoms with Crippen molar-refractivity contribution in [3.8, 4) is 17.2 Å². The molecule has 0 amide bonds. The molecule has 2 aromatic rings. The fourth-order valence-electron chi connectivity index (χ4n) is 4.22. The van der Waals surface area contributed by atoms with E-state index in [-0.39, 0.29) is 11.8 Å². The minimum absolute atomic E-state index is 0.221. The van der Waals surface area contributed by atoms with E-state index in [1.807, 2.05) is 18.3 Å². The summed E-state index contributed by atoms with van der Waals surface area (Å²) < 4.78 is 24.1. The number of hydrogen-bond acceptors (Lipinski definition) is 5. The van der Waals surface area contributed by atoms with Gasteiger partial charge < -0.3 is 11.1 Å². The predicted octanol–water partition coefficient (Wildman–Crippen LogP) is 3.57. The van der Waals surface area contributed by atoms with E-state index in [2.05, 4.69) is 28.5 Å². The van der Waals surface area contributed by atoms with Gasteiger partial charge in [0.05, 0.1) is 5.56 Å². The lowest BCUT2D eigenvalue weighted by atomic mass is 9.93. The Labute approximate surface area is 184 Å². The maximum absolute atomic E-state index is 12.3. The Morgan fingerprint density at radius 1 is 1.29 bits per heavy atom. The molecule has 0 aromatic heterocycles. The van der Waals surface area contributed by atoms with E-state index in [1.165, 1.54) is 5.56 Å². The Bertz CT molecular complexity index is 1100. The number of benzene rings is 2. The number of aliphatic imine (C=N–C) groups is 1. The molecule has 1 saturated heterocycles. The summed E-state index contributed by atoms with van der Waals surface area (Å²) in [5.41, 5.74) is 12.2. The van der Waals surface area contributed by atoms with E-state index >= 15 is 0 Å². The number of piperidine rings is 1. The maximum Gasteiger partial charge on any atom is 0.290 e. The van der Waals surface area contributed by atoms with Gasteiger partial charge in [0.15, 0.2) is 5.75 Å². The summed E-state index contributed by atoms with van der Waals surface area (Å²) in [5.74, 6) is 0.253. The van der Waals surface area contributed by atoms with Crippen molar-refractivity contribution >= 4 is 28.0 Å². The van der Waals surface area contributed by atoms with Gasteiger partial charge in [0.25, 0.3) is 10.4 Å². The smallest absolute Gasteiger partial charge is 0.290 e. The van der Waals surface area contributed by atoms with Crippen molar-refractivity contribution in [2.75, 3.05) is 36.4 Å². The summed E-state index contributed by atoms with van der Waals surface area (Å²) in [5, 5.41) is 13.0. The number of nitrogens with zero attached hydrogens (tertiary/aromatic N) is 3. The average molecular weight is 439 g/mol.